The fourth-order valence-electron chi connectivity index (χ4n) is 3.52. The topological polar surface area (TPSA) is 133 Å². The van der Waals surface area contributed by atoms with Gasteiger partial charge >= 0.3 is 0 Å². The molecule has 0 spiro atoms. The molecule has 0 radical (unpaired) electrons. The lowest BCUT2D eigenvalue weighted by molar-refractivity contribution is -0.119. The average Bonchev–Trinajstić information content (AvgIpc) is 2.87. The maximum Gasteiger partial charge on any atom is 0.221 e. The molecule has 7 nitrogen and oxygen atoms in total. The molecule has 0 aliphatic rings. The first-order valence-electron chi connectivity index (χ1n) is 11.2. The molecule has 0 atom stereocenters. The number of benzene rings is 2. The number of nitrogens with zero attached hydrogens (tertiary/aromatic N) is 3. The number of aromatic nitrogens is 1. The van der Waals surface area contributed by atoms with Gasteiger partial charge in [-0.3, -0.25) is 9.59 Å². The molecule has 0 bridgehead atoms. The normalized spacial score (nSPS) is 10.3. The smallest absolute Gasteiger partial charge is 0.221 e. The zero-order chi connectivity index (χ0) is 26.1. The van der Waals surface area contributed by atoms with Crippen LogP contribution in [0.4, 0.5) is 0 Å². The lowest BCUT2D eigenvalue weighted by atomic mass is 10.0. The van der Waals surface area contributed by atoms with Gasteiger partial charge in [-0.25, -0.2) is 4.98 Å². The van der Waals surface area contributed by atoms with Crippen LogP contribution < -0.4 is 11.1 Å². The van der Waals surface area contributed by atoms with Crippen molar-refractivity contribution in [1.29, 1.82) is 10.5 Å². The zero-order valence-electron chi connectivity index (χ0n) is 20.0. The first kappa shape index (κ1) is 26.8. The van der Waals surface area contributed by atoms with Crippen LogP contribution in [-0.2, 0) is 34.7 Å². The molecule has 3 N–H and O–H groups in total. The summed E-state index contributed by atoms with van der Waals surface area (Å²) in [7, 11) is 0. The molecule has 3 aromatic rings. The van der Waals surface area contributed by atoms with E-state index in [1.54, 1.807) is 0 Å². The van der Waals surface area contributed by atoms with Crippen LogP contribution in [0.5, 0.6) is 0 Å². The Balaban J connectivity index is 1.92. The van der Waals surface area contributed by atoms with Crippen molar-refractivity contribution in [2.45, 2.75) is 53.9 Å². The van der Waals surface area contributed by atoms with E-state index in [1.807, 2.05) is 55.5 Å². The summed E-state index contributed by atoms with van der Waals surface area (Å²) in [5, 5.41) is 23.7. The van der Waals surface area contributed by atoms with Crippen LogP contribution >= 0.6 is 23.5 Å². The molecule has 1 aromatic heterocycles. The summed E-state index contributed by atoms with van der Waals surface area (Å²) in [6.45, 7) is 3.86. The Labute approximate surface area is 219 Å². The highest BCUT2D eigenvalue weighted by molar-refractivity contribution is 7.99. The Bertz CT molecular complexity index is 1360. The van der Waals surface area contributed by atoms with Crippen LogP contribution in [-0.4, -0.2) is 16.8 Å². The Morgan fingerprint density at radius 1 is 1.00 bits per heavy atom. The maximum absolute atomic E-state index is 11.5. The molecule has 0 aliphatic heterocycles. The predicted molar refractivity (Wildman–Crippen MR) is 140 cm³/mol. The highest BCUT2D eigenvalue weighted by Gasteiger charge is 2.21. The van der Waals surface area contributed by atoms with Gasteiger partial charge in [0, 0.05) is 24.1 Å². The quantitative estimate of drug-likeness (QED) is 0.380. The molecule has 0 unspecified atom stereocenters. The van der Waals surface area contributed by atoms with Gasteiger partial charge in [-0.2, -0.15) is 10.5 Å². The van der Waals surface area contributed by atoms with Crippen molar-refractivity contribution in [3.05, 3.63) is 81.9 Å². The summed E-state index contributed by atoms with van der Waals surface area (Å²) in [6, 6.07) is 19.7. The second kappa shape index (κ2) is 12.8. The van der Waals surface area contributed by atoms with Crippen LogP contribution in [0.3, 0.4) is 0 Å². The summed E-state index contributed by atoms with van der Waals surface area (Å²) in [5.41, 5.74) is 9.66. The zero-order valence-corrected chi connectivity index (χ0v) is 21.6. The molecule has 0 fully saturated rings. The van der Waals surface area contributed by atoms with Gasteiger partial charge in [0.05, 0.1) is 17.5 Å². The Hall–Kier alpha value is -3.79. The van der Waals surface area contributed by atoms with Gasteiger partial charge in [0.15, 0.2) is 0 Å². The number of carbonyl (C=O) groups excluding carboxylic acids is 2. The van der Waals surface area contributed by atoms with Crippen molar-refractivity contribution in [2.24, 2.45) is 5.73 Å². The van der Waals surface area contributed by atoms with Crippen LogP contribution in [0.1, 0.15) is 47.2 Å². The van der Waals surface area contributed by atoms with Crippen LogP contribution in [0.25, 0.3) is 0 Å². The van der Waals surface area contributed by atoms with Gasteiger partial charge < -0.3 is 11.1 Å². The number of amides is 2. The second-order valence-corrected chi connectivity index (χ2v) is 9.89. The standard InChI is InChI=1S/C27H25N5O2S2/c1-3-21-22(13-28)26(35-16-19-10-8-18(9-11-19)15-31-17(2)33)32-27(23(21)14-29)36-24-7-5-4-6-20(24)12-25(30)34/h4-11H,3,12,15-16H2,1-2H3,(H2,30,34)(H,31,33). The Kier molecular flexibility index (Phi) is 9.52. The number of nitriles is 2. The SMILES string of the molecule is CCc1c(C#N)c(SCc2ccc(CNC(C)=O)cc2)nc(Sc2ccccc2CC(N)=O)c1C#N. The van der Waals surface area contributed by atoms with Crippen LogP contribution in [0, 0.1) is 22.7 Å². The number of primary amides is 1. The van der Waals surface area contributed by atoms with Crippen molar-refractivity contribution in [2.75, 3.05) is 0 Å². The number of pyridine rings is 1. The molecular formula is C27H25N5O2S2. The minimum atomic E-state index is -0.440. The number of hydrogen-bond acceptors (Lipinski definition) is 7. The van der Waals surface area contributed by atoms with Gasteiger partial charge in [-0.1, -0.05) is 61.2 Å². The van der Waals surface area contributed by atoms with E-state index in [0.717, 1.165) is 21.6 Å². The molecule has 0 saturated heterocycles. The van der Waals surface area contributed by atoms with E-state index in [9.17, 15) is 20.1 Å². The van der Waals surface area contributed by atoms with E-state index in [4.69, 9.17) is 10.7 Å². The number of nitrogens with two attached hydrogens (primary N) is 1. The number of nitrogens with one attached hydrogen (secondary N) is 1. The van der Waals surface area contributed by atoms with Gasteiger partial charge in [-0.05, 0) is 34.7 Å². The fourth-order valence-corrected chi connectivity index (χ4v) is 5.58. The van der Waals surface area contributed by atoms with Crippen molar-refractivity contribution in [3.63, 3.8) is 0 Å². The van der Waals surface area contributed by atoms with E-state index >= 15 is 0 Å². The molecule has 2 amide bonds. The minimum absolute atomic E-state index is 0.0804. The lowest BCUT2D eigenvalue weighted by Crippen LogP contribution is -2.18. The third-order valence-electron chi connectivity index (χ3n) is 5.30. The van der Waals surface area contributed by atoms with Crippen LogP contribution in [0.2, 0.25) is 0 Å². The van der Waals surface area contributed by atoms with Crippen molar-refractivity contribution in [1.82, 2.24) is 10.3 Å². The fraction of sp³-hybridized carbons (Fsp3) is 0.222. The van der Waals surface area contributed by atoms with Crippen LogP contribution in [0.15, 0.2) is 63.5 Å². The molecule has 36 heavy (non-hydrogen) atoms. The number of thioether (sulfide) groups is 1. The Morgan fingerprint density at radius 2 is 1.64 bits per heavy atom. The average molecular weight is 516 g/mol. The van der Waals surface area contributed by atoms with Crippen molar-refractivity contribution in [3.8, 4) is 12.1 Å². The Morgan fingerprint density at radius 3 is 2.25 bits per heavy atom. The van der Waals surface area contributed by atoms with E-state index in [0.29, 0.717) is 45.5 Å². The maximum atomic E-state index is 11.5. The van der Waals surface area contributed by atoms with Gasteiger partial charge in [0.25, 0.3) is 0 Å². The predicted octanol–water partition coefficient (Wildman–Crippen LogP) is 4.49. The third-order valence-corrected chi connectivity index (χ3v) is 7.45. The summed E-state index contributed by atoms with van der Waals surface area (Å²) < 4.78 is 0. The number of rotatable bonds is 10. The second-order valence-electron chi connectivity index (χ2n) is 7.90. The summed E-state index contributed by atoms with van der Waals surface area (Å²) in [6.07, 6.45) is 0.595. The number of carbonyl (C=O) groups is 2. The van der Waals surface area contributed by atoms with E-state index < -0.39 is 5.91 Å². The number of hydrogen-bond donors (Lipinski definition) is 2. The summed E-state index contributed by atoms with van der Waals surface area (Å²) >= 11 is 2.74. The molecule has 0 saturated carbocycles. The molecule has 0 aliphatic carbocycles. The van der Waals surface area contributed by atoms with E-state index in [2.05, 4.69) is 17.5 Å². The van der Waals surface area contributed by atoms with Gasteiger partial charge in [0.1, 0.15) is 22.2 Å². The van der Waals surface area contributed by atoms with Gasteiger partial charge in [0.2, 0.25) is 11.8 Å². The lowest BCUT2D eigenvalue weighted by Gasteiger charge is -2.14. The van der Waals surface area contributed by atoms with Crippen molar-refractivity contribution >= 4 is 35.3 Å². The highest BCUT2D eigenvalue weighted by atomic mass is 32.2. The minimum Gasteiger partial charge on any atom is -0.369 e. The van der Waals surface area contributed by atoms with Crippen molar-refractivity contribution < 1.29 is 9.59 Å². The summed E-state index contributed by atoms with van der Waals surface area (Å²) in [5.74, 6) is 0.0626. The highest BCUT2D eigenvalue weighted by Crippen LogP contribution is 2.37. The molecule has 2 aromatic carbocycles. The molecular weight excluding hydrogens is 490 g/mol. The van der Waals surface area contributed by atoms with E-state index in [-0.39, 0.29) is 12.3 Å². The van der Waals surface area contributed by atoms with Gasteiger partial charge in [-0.15, -0.1) is 11.8 Å². The molecule has 9 heteroatoms. The molecule has 3 rings (SSSR count). The first-order valence-corrected chi connectivity index (χ1v) is 13.0. The summed E-state index contributed by atoms with van der Waals surface area (Å²) in [4.78, 5) is 28.2. The largest absolute Gasteiger partial charge is 0.369 e. The third kappa shape index (κ3) is 6.88. The first-order chi connectivity index (χ1) is 17.4. The van der Waals surface area contributed by atoms with E-state index in [1.165, 1.54) is 30.4 Å². The molecule has 182 valence electrons. The monoisotopic (exact) mass is 515 g/mol. The molecule has 1 heterocycles.